The first-order valence-electron chi connectivity index (χ1n) is 9.30. The van der Waals surface area contributed by atoms with Crippen molar-refractivity contribution in [3.8, 4) is 0 Å². The Kier molecular flexibility index (Phi) is 5.39. The maximum absolute atomic E-state index is 12.5. The molecule has 2 aromatic rings. The summed E-state index contributed by atoms with van der Waals surface area (Å²) in [5.74, 6) is -0.872. The van der Waals surface area contributed by atoms with E-state index in [0.717, 1.165) is 23.8 Å². The Morgan fingerprint density at radius 3 is 2.43 bits per heavy atom. The van der Waals surface area contributed by atoms with Crippen molar-refractivity contribution in [1.82, 2.24) is 23.6 Å². The molecular formula is C18H25N5O5. The number of rotatable bonds is 4. The molecule has 1 fully saturated rings. The molecule has 2 atom stereocenters. The number of amides is 1. The van der Waals surface area contributed by atoms with Gasteiger partial charge in [-0.2, -0.15) is 0 Å². The topological polar surface area (TPSA) is 108 Å². The smallest absolute Gasteiger partial charge is 0.332 e. The first kappa shape index (κ1) is 19.8. The first-order chi connectivity index (χ1) is 13.2. The minimum Gasteiger partial charge on any atom is -0.454 e. The highest BCUT2D eigenvalue weighted by molar-refractivity contribution is 5.81. The molecule has 2 aromatic heterocycles. The maximum Gasteiger partial charge on any atom is 0.332 e. The lowest BCUT2D eigenvalue weighted by Crippen LogP contribution is -2.49. The van der Waals surface area contributed by atoms with Crippen molar-refractivity contribution in [2.24, 2.45) is 14.1 Å². The predicted octanol–water partition coefficient (Wildman–Crippen LogP) is -0.234. The maximum atomic E-state index is 12.5. The fraction of sp³-hybridized carbons (Fsp3) is 0.611. The molecule has 0 N–H and O–H groups in total. The van der Waals surface area contributed by atoms with E-state index in [1.165, 1.54) is 29.6 Å². The first-order valence-corrected chi connectivity index (χ1v) is 9.30. The van der Waals surface area contributed by atoms with Crippen molar-refractivity contribution in [1.29, 1.82) is 0 Å². The molecule has 1 saturated heterocycles. The number of aromatic nitrogens is 4. The van der Waals surface area contributed by atoms with Crippen LogP contribution in [0, 0.1) is 0 Å². The Balaban J connectivity index is 1.71. The summed E-state index contributed by atoms with van der Waals surface area (Å²) in [6.07, 6.45) is 4.26. The van der Waals surface area contributed by atoms with Crippen LogP contribution in [0.15, 0.2) is 15.9 Å². The zero-order valence-electron chi connectivity index (χ0n) is 16.5. The minimum atomic E-state index is -0.652. The number of hydrogen-bond donors (Lipinski definition) is 0. The number of aryl methyl sites for hydroxylation is 1. The van der Waals surface area contributed by atoms with Gasteiger partial charge in [0.15, 0.2) is 17.8 Å². The van der Waals surface area contributed by atoms with Crippen LogP contribution in [0.3, 0.4) is 0 Å². The molecule has 0 aliphatic carbocycles. The lowest BCUT2D eigenvalue weighted by molar-refractivity contribution is -0.155. The van der Waals surface area contributed by atoms with Gasteiger partial charge in [0.05, 0.1) is 6.33 Å². The Hall–Kier alpha value is -2.91. The SMILES string of the molecule is C[C@H]1CCC[C@H](C)N1C(=O)COC(=O)Cn1cnc2c1c(=O)n(C)c(=O)n2C. The quantitative estimate of drug-likeness (QED) is 0.666. The number of hydrogen-bond acceptors (Lipinski definition) is 6. The summed E-state index contributed by atoms with van der Waals surface area (Å²) in [5, 5.41) is 0. The molecule has 0 aromatic carbocycles. The van der Waals surface area contributed by atoms with E-state index in [1.807, 2.05) is 13.8 Å². The summed E-state index contributed by atoms with van der Waals surface area (Å²) >= 11 is 0. The minimum absolute atomic E-state index is 0.122. The number of carbonyl (C=O) groups excluding carboxylic acids is 2. The van der Waals surface area contributed by atoms with Crippen LogP contribution >= 0.6 is 0 Å². The highest BCUT2D eigenvalue weighted by atomic mass is 16.5. The van der Waals surface area contributed by atoms with Gasteiger partial charge in [0.2, 0.25) is 0 Å². The predicted molar refractivity (Wildman–Crippen MR) is 101 cm³/mol. The zero-order valence-corrected chi connectivity index (χ0v) is 16.5. The number of ether oxygens (including phenoxy) is 1. The average Bonchev–Trinajstić information content (AvgIpc) is 3.06. The van der Waals surface area contributed by atoms with Crippen molar-refractivity contribution in [3.05, 3.63) is 27.2 Å². The molecule has 0 radical (unpaired) electrons. The number of piperidine rings is 1. The van der Waals surface area contributed by atoms with Gasteiger partial charge >= 0.3 is 11.7 Å². The van der Waals surface area contributed by atoms with Gasteiger partial charge in [0.25, 0.3) is 11.5 Å². The van der Waals surface area contributed by atoms with Crippen molar-refractivity contribution >= 4 is 23.0 Å². The van der Waals surface area contributed by atoms with Crippen LogP contribution < -0.4 is 11.2 Å². The standard InChI is InChI=1S/C18H25N5O5/c1-11-6-5-7-12(2)23(11)13(24)9-28-14(25)8-22-10-19-16-15(22)17(26)21(4)18(27)20(16)3/h10-12H,5-9H2,1-4H3/t11-,12-/m0/s1. The third-order valence-electron chi connectivity index (χ3n) is 5.35. The molecule has 1 aliphatic heterocycles. The molecule has 0 spiro atoms. The second-order valence-corrected chi connectivity index (χ2v) is 7.34. The van der Waals surface area contributed by atoms with Crippen molar-refractivity contribution in [2.75, 3.05) is 6.61 Å². The average molecular weight is 391 g/mol. The van der Waals surface area contributed by atoms with E-state index >= 15 is 0 Å². The third kappa shape index (κ3) is 3.46. The molecule has 10 nitrogen and oxygen atoms in total. The summed E-state index contributed by atoms with van der Waals surface area (Å²) in [7, 11) is 2.86. The zero-order chi connectivity index (χ0) is 20.6. The Morgan fingerprint density at radius 1 is 1.14 bits per heavy atom. The number of fused-ring (bicyclic) bond motifs is 1. The van der Waals surface area contributed by atoms with Crippen LogP contribution in [0.5, 0.6) is 0 Å². The Bertz CT molecular complexity index is 1020. The summed E-state index contributed by atoms with van der Waals surface area (Å²) < 4.78 is 8.66. The number of nitrogens with zero attached hydrogens (tertiary/aromatic N) is 5. The van der Waals surface area contributed by atoms with Crippen LogP contribution in [-0.2, 0) is 35.0 Å². The molecule has 152 valence electrons. The van der Waals surface area contributed by atoms with Crippen molar-refractivity contribution < 1.29 is 14.3 Å². The fourth-order valence-electron chi connectivity index (χ4n) is 3.83. The van der Waals surface area contributed by atoms with E-state index in [4.69, 9.17) is 4.74 Å². The van der Waals surface area contributed by atoms with Crippen molar-refractivity contribution in [3.63, 3.8) is 0 Å². The lowest BCUT2D eigenvalue weighted by atomic mass is 9.97. The fourth-order valence-corrected chi connectivity index (χ4v) is 3.83. The van der Waals surface area contributed by atoms with Gasteiger partial charge in [-0.15, -0.1) is 0 Å². The summed E-state index contributed by atoms with van der Waals surface area (Å²) in [6.45, 7) is 3.37. The van der Waals surface area contributed by atoms with E-state index < -0.39 is 17.2 Å². The molecule has 1 aliphatic rings. The van der Waals surface area contributed by atoms with Crippen LogP contribution in [0.4, 0.5) is 0 Å². The molecule has 28 heavy (non-hydrogen) atoms. The number of carbonyl (C=O) groups is 2. The molecule has 10 heteroatoms. The summed E-state index contributed by atoms with van der Waals surface area (Å²) in [6, 6.07) is 0.244. The van der Waals surface area contributed by atoms with Gasteiger partial charge in [-0.3, -0.25) is 23.5 Å². The number of likely N-dealkylation sites (tertiary alicyclic amines) is 1. The molecule has 0 saturated carbocycles. The van der Waals surface area contributed by atoms with Gasteiger partial charge in [-0.05, 0) is 33.1 Å². The second-order valence-electron chi connectivity index (χ2n) is 7.34. The monoisotopic (exact) mass is 391 g/mol. The normalized spacial score (nSPS) is 19.8. The second kappa shape index (κ2) is 7.61. The molecule has 0 bridgehead atoms. The van der Waals surface area contributed by atoms with Crippen LogP contribution in [0.25, 0.3) is 11.2 Å². The number of imidazole rings is 1. The molecule has 0 unspecified atom stereocenters. The largest absolute Gasteiger partial charge is 0.454 e. The summed E-state index contributed by atoms with van der Waals surface area (Å²) in [5.41, 5.74) is -0.727. The molecule has 1 amide bonds. The summed E-state index contributed by atoms with van der Waals surface area (Å²) in [4.78, 5) is 54.9. The van der Waals surface area contributed by atoms with Gasteiger partial charge in [-0.1, -0.05) is 0 Å². The van der Waals surface area contributed by atoms with Gasteiger partial charge < -0.3 is 14.2 Å². The Morgan fingerprint density at radius 2 is 1.79 bits per heavy atom. The highest BCUT2D eigenvalue weighted by Gasteiger charge is 2.29. The van der Waals surface area contributed by atoms with Crippen LogP contribution in [-0.4, -0.2) is 54.2 Å². The van der Waals surface area contributed by atoms with Gasteiger partial charge in [-0.25, -0.2) is 9.78 Å². The van der Waals surface area contributed by atoms with E-state index in [2.05, 4.69) is 4.98 Å². The van der Waals surface area contributed by atoms with Crippen LogP contribution in [0.1, 0.15) is 33.1 Å². The molecular weight excluding hydrogens is 366 g/mol. The van der Waals surface area contributed by atoms with E-state index in [-0.39, 0.29) is 42.3 Å². The van der Waals surface area contributed by atoms with E-state index in [9.17, 15) is 19.2 Å². The van der Waals surface area contributed by atoms with Gasteiger partial charge in [0, 0.05) is 26.2 Å². The highest BCUT2D eigenvalue weighted by Crippen LogP contribution is 2.22. The molecule has 3 heterocycles. The van der Waals surface area contributed by atoms with Crippen molar-refractivity contribution in [2.45, 2.75) is 51.7 Å². The third-order valence-corrected chi connectivity index (χ3v) is 5.35. The van der Waals surface area contributed by atoms with Crippen LogP contribution in [0.2, 0.25) is 0 Å². The van der Waals surface area contributed by atoms with Gasteiger partial charge in [0.1, 0.15) is 6.54 Å². The number of esters is 1. The lowest BCUT2D eigenvalue weighted by Gasteiger charge is -2.38. The Labute approximate surface area is 161 Å². The molecule has 3 rings (SSSR count). The van der Waals surface area contributed by atoms with E-state index in [1.54, 1.807) is 4.90 Å². The van der Waals surface area contributed by atoms with E-state index in [0.29, 0.717) is 0 Å².